The number of hydrogen-bond acceptors (Lipinski definition) is 4. The summed E-state index contributed by atoms with van der Waals surface area (Å²) in [4.78, 5) is 4.43. The highest BCUT2D eigenvalue weighted by Gasteiger charge is 2.32. The van der Waals surface area contributed by atoms with Gasteiger partial charge in [-0.15, -0.1) is 0 Å². The predicted molar refractivity (Wildman–Crippen MR) is 81.1 cm³/mol. The summed E-state index contributed by atoms with van der Waals surface area (Å²) in [5.41, 5.74) is 1.36. The minimum atomic E-state index is 0.302. The molecule has 0 aromatic carbocycles. The molecule has 1 fully saturated rings. The van der Waals surface area contributed by atoms with Crippen LogP contribution in [0.5, 0.6) is 0 Å². The Labute approximate surface area is 125 Å². The molecule has 1 atom stereocenters. The zero-order valence-corrected chi connectivity index (χ0v) is 13.0. The van der Waals surface area contributed by atoms with Crippen LogP contribution in [0.25, 0.3) is 0 Å². The van der Waals surface area contributed by atoms with Gasteiger partial charge in [-0.25, -0.2) is 0 Å². The van der Waals surface area contributed by atoms with Gasteiger partial charge in [0.25, 0.3) is 0 Å². The molecule has 5 heteroatoms. The molecule has 1 aliphatic carbocycles. The molecule has 0 spiro atoms. The summed E-state index contributed by atoms with van der Waals surface area (Å²) in [6.45, 7) is 7.95. The zero-order valence-electron chi connectivity index (χ0n) is 13.0. The van der Waals surface area contributed by atoms with E-state index in [1.807, 2.05) is 0 Å². The molecular weight excluding hydrogens is 264 g/mol. The van der Waals surface area contributed by atoms with E-state index in [2.05, 4.69) is 59.3 Å². The molecule has 1 aliphatic rings. The highest BCUT2D eigenvalue weighted by molar-refractivity contribution is 5.18. The lowest BCUT2D eigenvalue weighted by atomic mass is 10.1. The van der Waals surface area contributed by atoms with Crippen molar-refractivity contribution in [3.8, 4) is 0 Å². The normalized spacial score (nSPS) is 16.6. The Morgan fingerprint density at radius 1 is 1.43 bits per heavy atom. The van der Waals surface area contributed by atoms with Crippen LogP contribution in [-0.2, 0) is 6.54 Å². The molecule has 3 rings (SSSR count). The van der Waals surface area contributed by atoms with Gasteiger partial charge in [0.2, 0.25) is 5.89 Å². The molecule has 2 heterocycles. The third-order valence-electron chi connectivity index (χ3n) is 3.97. The van der Waals surface area contributed by atoms with Crippen LogP contribution in [-0.4, -0.2) is 21.3 Å². The minimum Gasteiger partial charge on any atom is -0.345 e. The summed E-state index contributed by atoms with van der Waals surface area (Å²) in [7, 11) is 0. The molecule has 21 heavy (non-hydrogen) atoms. The van der Waals surface area contributed by atoms with E-state index < -0.39 is 0 Å². The summed E-state index contributed by atoms with van der Waals surface area (Å²) < 4.78 is 7.43. The molecule has 0 aliphatic heterocycles. The van der Waals surface area contributed by atoms with Crippen molar-refractivity contribution in [2.75, 3.05) is 6.54 Å². The fourth-order valence-electron chi connectivity index (χ4n) is 2.67. The molecule has 1 saturated carbocycles. The highest BCUT2D eigenvalue weighted by Crippen LogP contribution is 2.41. The van der Waals surface area contributed by atoms with Gasteiger partial charge in [-0.05, 0) is 36.9 Å². The number of hydrogen-bond donors (Lipinski definition) is 1. The van der Waals surface area contributed by atoms with E-state index in [1.54, 1.807) is 0 Å². The van der Waals surface area contributed by atoms with Gasteiger partial charge >= 0.3 is 0 Å². The first kappa shape index (κ1) is 14.3. The Balaban J connectivity index is 1.68. The van der Waals surface area contributed by atoms with Crippen LogP contribution in [0.15, 0.2) is 23.0 Å². The van der Waals surface area contributed by atoms with E-state index in [0.717, 1.165) is 18.3 Å². The first-order chi connectivity index (χ1) is 10.2. The molecule has 0 saturated heterocycles. The summed E-state index contributed by atoms with van der Waals surface area (Å²) >= 11 is 0. The molecule has 0 bridgehead atoms. The topological polar surface area (TPSA) is 55.9 Å². The van der Waals surface area contributed by atoms with Gasteiger partial charge in [0, 0.05) is 24.4 Å². The van der Waals surface area contributed by atoms with Crippen LogP contribution < -0.4 is 5.32 Å². The van der Waals surface area contributed by atoms with Gasteiger partial charge < -0.3 is 14.4 Å². The minimum absolute atomic E-state index is 0.302. The lowest BCUT2D eigenvalue weighted by Gasteiger charge is -2.15. The van der Waals surface area contributed by atoms with E-state index >= 15 is 0 Å². The van der Waals surface area contributed by atoms with Crippen molar-refractivity contribution in [2.45, 2.75) is 52.1 Å². The lowest BCUT2D eigenvalue weighted by Crippen LogP contribution is -2.22. The summed E-state index contributed by atoms with van der Waals surface area (Å²) in [6, 6.07) is 2.69. The van der Waals surface area contributed by atoms with E-state index in [4.69, 9.17) is 4.52 Å². The Morgan fingerprint density at radius 2 is 2.24 bits per heavy atom. The van der Waals surface area contributed by atoms with Gasteiger partial charge in [0.05, 0.1) is 0 Å². The van der Waals surface area contributed by atoms with Crippen molar-refractivity contribution in [1.82, 2.24) is 20.0 Å². The Kier molecular flexibility index (Phi) is 4.10. The van der Waals surface area contributed by atoms with E-state index in [0.29, 0.717) is 24.4 Å². The monoisotopic (exact) mass is 288 g/mol. The standard InChI is InChI=1S/C16H24N4O/c1-4-17-15(12-5-6-12)13-7-8-20(9-13)10-14-18-16(11(2)3)19-21-14/h7-9,11-12,15,17H,4-6,10H2,1-3H3. The first-order valence-electron chi connectivity index (χ1n) is 7.89. The number of rotatable bonds is 7. The summed E-state index contributed by atoms with van der Waals surface area (Å²) in [5, 5.41) is 7.60. The molecular formula is C16H24N4O. The summed E-state index contributed by atoms with van der Waals surface area (Å²) in [5.74, 6) is 2.56. The van der Waals surface area contributed by atoms with Crippen LogP contribution >= 0.6 is 0 Å². The van der Waals surface area contributed by atoms with Gasteiger partial charge in [0.1, 0.15) is 6.54 Å². The van der Waals surface area contributed by atoms with Crippen LogP contribution in [0.3, 0.4) is 0 Å². The Hall–Kier alpha value is -1.62. The average Bonchev–Trinajstić information content (AvgIpc) is 3.00. The van der Waals surface area contributed by atoms with Crippen molar-refractivity contribution in [3.63, 3.8) is 0 Å². The van der Waals surface area contributed by atoms with Gasteiger partial charge in [-0.3, -0.25) is 0 Å². The molecule has 0 radical (unpaired) electrons. The zero-order chi connectivity index (χ0) is 14.8. The maximum Gasteiger partial charge on any atom is 0.246 e. The molecule has 0 amide bonds. The quantitative estimate of drug-likeness (QED) is 0.850. The van der Waals surface area contributed by atoms with Crippen molar-refractivity contribution >= 4 is 0 Å². The third kappa shape index (κ3) is 3.35. The van der Waals surface area contributed by atoms with Crippen molar-refractivity contribution in [1.29, 1.82) is 0 Å². The molecule has 1 unspecified atom stereocenters. The molecule has 5 nitrogen and oxygen atoms in total. The fourth-order valence-corrected chi connectivity index (χ4v) is 2.67. The maximum absolute atomic E-state index is 5.31. The number of aromatic nitrogens is 3. The molecule has 2 aromatic rings. The molecule has 114 valence electrons. The largest absolute Gasteiger partial charge is 0.345 e. The number of nitrogens with one attached hydrogen (secondary N) is 1. The molecule has 1 N–H and O–H groups in total. The van der Waals surface area contributed by atoms with Crippen LogP contribution in [0, 0.1) is 5.92 Å². The van der Waals surface area contributed by atoms with E-state index in [-0.39, 0.29) is 0 Å². The van der Waals surface area contributed by atoms with Crippen molar-refractivity contribution in [3.05, 3.63) is 35.7 Å². The second-order valence-electron chi connectivity index (χ2n) is 6.19. The van der Waals surface area contributed by atoms with Crippen molar-refractivity contribution in [2.24, 2.45) is 5.92 Å². The lowest BCUT2D eigenvalue weighted by molar-refractivity contribution is 0.364. The van der Waals surface area contributed by atoms with E-state index in [1.165, 1.54) is 18.4 Å². The van der Waals surface area contributed by atoms with Crippen molar-refractivity contribution < 1.29 is 4.52 Å². The van der Waals surface area contributed by atoms with E-state index in [9.17, 15) is 0 Å². The van der Waals surface area contributed by atoms with Crippen LogP contribution in [0.2, 0.25) is 0 Å². The maximum atomic E-state index is 5.31. The summed E-state index contributed by atoms with van der Waals surface area (Å²) in [6.07, 6.45) is 6.97. The van der Waals surface area contributed by atoms with Gasteiger partial charge in [0.15, 0.2) is 5.82 Å². The first-order valence-corrected chi connectivity index (χ1v) is 7.89. The highest BCUT2D eigenvalue weighted by atomic mass is 16.5. The van der Waals surface area contributed by atoms with Gasteiger partial charge in [-0.1, -0.05) is 25.9 Å². The Morgan fingerprint density at radius 3 is 2.86 bits per heavy atom. The number of nitrogens with zero attached hydrogens (tertiary/aromatic N) is 3. The molecule has 2 aromatic heterocycles. The van der Waals surface area contributed by atoms with Crippen LogP contribution in [0.1, 0.15) is 62.9 Å². The third-order valence-corrected chi connectivity index (χ3v) is 3.97. The van der Waals surface area contributed by atoms with Crippen LogP contribution in [0.4, 0.5) is 0 Å². The average molecular weight is 288 g/mol. The Bertz CT molecular complexity index is 583. The SMILES string of the molecule is CCNC(c1ccn(Cc2nc(C(C)C)no2)c1)C1CC1. The predicted octanol–water partition coefficient (Wildman–Crippen LogP) is 3.10. The second kappa shape index (κ2) is 6.02. The van der Waals surface area contributed by atoms with Gasteiger partial charge in [-0.2, -0.15) is 4.98 Å². The second-order valence-corrected chi connectivity index (χ2v) is 6.19. The fraction of sp³-hybridized carbons (Fsp3) is 0.625. The smallest absolute Gasteiger partial charge is 0.246 e.